The van der Waals surface area contributed by atoms with Crippen LogP contribution < -0.4 is 0 Å². The summed E-state index contributed by atoms with van der Waals surface area (Å²) in [5, 5.41) is 17.4. The topological polar surface area (TPSA) is 49.7 Å². The molecule has 0 saturated carbocycles. The third-order valence-electron chi connectivity index (χ3n) is 1.34. The van der Waals surface area contributed by atoms with E-state index < -0.39 is 12.4 Å². The van der Waals surface area contributed by atoms with Crippen molar-refractivity contribution in [2.75, 3.05) is 6.61 Å². The highest BCUT2D eigenvalue weighted by Crippen LogP contribution is 2.17. The normalized spacial score (nSPS) is 45.0. The van der Waals surface area contributed by atoms with Crippen LogP contribution in [0.2, 0.25) is 0 Å². The Morgan fingerprint density at radius 3 is 2.56 bits per heavy atom. The van der Waals surface area contributed by atoms with Crippen LogP contribution >= 0.6 is 11.6 Å². The standard InChI is InChI=1S/C5H9ClO3/c6-3-1-2-9-5(8)4(3)7/h3-5,7-8H,1-2H2/t3-,4+,5-/m0/s1. The molecule has 0 aromatic carbocycles. The van der Waals surface area contributed by atoms with Gasteiger partial charge in [0.2, 0.25) is 0 Å². The van der Waals surface area contributed by atoms with Crippen LogP contribution in [-0.4, -0.2) is 34.6 Å². The summed E-state index contributed by atoms with van der Waals surface area (Å²) in [7, 11) is 0. The lowest BCUT2D eigenvalue weighted by Crippen LogP contribution is -2.41. The fraction of sp³-hybridized carbons (Fsp3) is 1.00. The first-order chi connectivity index (χ1) is 4.22. The Labute approximate surface area is 58.2 Å². The van der Waals surface area contributed by atoms with Gasteiger partial charge in [-0.15, -0.1) is 11.6 Å². The number of aliphatic hydroxyl groups excluding tert-OH is 2. The van der Waals surface area contributed by atoms with Crippen molar-refractivity contribution in [3.05, 3.63) is 0 Å². The van der Waals surface area contributed by atoms with E-state index in [1.54, 1.807) is 0 Å². The first-order valence-electron chi connectivity index (χ1n) is 2.83. The number of rotatable bonds is 0. The number of alkyl halides is 1. The van der Waals surface area contributed by atoms with Gasteiger partial charge in [0.25, 0.3) is 0 Å². The summed E-state index contributed by atoms with van der Waals surface area (Å²) in [5.41, 5.74) is 0. The zero-order valence-electron chi connectivity index (χ0n) is 4.83. The first kappa shape index (κ1) is 7.28. The molecule has 0 amide bonds. The highest BCUT2D eigenvalue weighted by atomic mass is 35.5. The van der Waals surface area contributed by atoms with Crippen molar-refractivity contribution in [2.45, 2.75) is 24.2 Å². The van der Waals surface area contributed by atoms with Gasteiger partial charge in [-0.05, 0) is 6.42 Å². The zero-order chi connectivity index (χ0) is 6.85. The van der Waals surface area contributed by atoms with E-state index in [4.69, 9.17) is 21.8 Å². The minimum atomic E-state index is -1.10. The molecular formula is C5H9ClO3. The van der Waals surface area contributed by atoms with Gasteiger partial charge in [-0.3, -0.25) is 0 Å². The van der Waals surface area contributed by atoms with Gasteiger partial charge in [0.05, 0.1) is 12.0 Å². The van der Waals surface area contributed by atoms with Crippen molar-refractivity contribution in [2.24, 2.45) is 0 Å². The molecule has 3 atom stereocenters. The molecule has 4 heteroatoms. The molecule has 0 aromatic heterocycles. The highest BCUT2D eigenvalue weighted by molar-refractivity contribution is 6.21. The molecular weight excluding hydrogens is 144 g/mol. The smallest absolute Gasteiger partial charge is 0.182 e. The van der Waals surface area contributed by atoms with Crippen LogP contribution in [0.5, 0.6) is 0 Å². The molecule has 0 unspecified atom stereocenters. The Hall–Kier alpha value is 0.170. The van der Waals surface area contributed by atoms with E-state index in [1.165, 1.54) is 0 Å². The van der Waals surface area contributed by atoms with Crippen molar-refractivity contribution in [1.82, 2.24) is 0 Å². The van der Waals surface area contributed by atoms with E-state index >= 15 is 0 Å². The van der Waals surface area contributed by atoms with Crippen LogP contribution in [0.4, 0.5) is 0 Å². The third kappa shape index (κ3) is 1.55. The predicted octanol–water partition coefficient (Wildman–Crippen LogP) is -0.307. The second kappa shape index (κ2) is 2.84. The summed E-state index contributed by atoms with van der Waals surface area (Å²) in [6.45, 7) is 0.423. The molecule has 9 heavy (non-hydrogen) atoms. The summed E-state index contributed by atoms with van der Waals surface area (Å²) in [6, 6.07) is 0. The lowest BCUT2D eigenvalue weighted by atomic mass is 10.1. The summed E-state index contributed by atoms with van der Waals surface area (Å²) >= 11 is 5.57. The van der Waals surface area contributed by atoms with Crippen molar-refractivity contribution < 1.29 is 14.9 Å². The Kier molecular flexibility index (Phi) is 2.29. The van der Waals surface area contributed by atoms with Gasteiger partial charge in [-0.1, -0.05) is 0 Å². The van der Waals surface area contributed by atoms with Gasteiger partial charge >= 0.3 is 0 Å². The highest BCUT2D eigenvalue weighted by Gasteiger charge is 2.29. The first-order valence-corrected chi connectivity index (χ1v) is 3.27. The van der Waals surface area contributed by atoms with E-state index in [-0.39, 0.29) is 5.38 Å². The average Bonchev–Trinajstić information content (AvgIpc) is 1.83. The summed E-state index contributed by atoms with van der Waals surface area (Å²) < 4.78 is 4.68. The van der Waals surface area contributed by atoms with Crippen LogP contribution in [0.3, 0.4) is 0 Å². The Bertz CT molecular complexity index is 88.2. The molecule has 0 aromatic rings. The lowest BCUT2D eigenvalue weighted by molar-refractivity contribution is -0.183. The van der Waals surface area contributed by atoms with Crippen LogP contribution in [-0.2, 0) is 4.74 Å². The van der Waals surface area contributed by atoms with E-state index in [1.807, 2.05) is 0 Å². The van der Waals surface area contributed by atoms with Crippen molar-refractivity contribution >= 4 is 11.6 Å². The monoisotopic (exact) mass is 152 g/mol. The number of ether oxygens (including phenoxy) is 1. The number of hydrogen-bond donors (Lipinski definition) is 2. The minimum absolute atomic E-state index is 0.367. The van der Waals surface area contributed by atoms with E-state index in [2.05, 4.69) is 4.74 Å². The molecule has 1 aliphatic heterocycles. The zero-order valence-corrected chi connectivity index (χ0v) is 5.58. The van der Waals surface area contributed by atoms with E-state index in [9.17, 15) is 0 Å². The maximum Gasteiger partial charge on any atom is 0.182 e. The molecule has 1 heterocycles. The van der Waals surface area contributed by atoms with Crippen molar-refractivity contribution in [3.63, 3.8) is 0 Å². The summed E-state index contributed by atoms with van der Waals surface area (Å²) in [6.07, 6.45) is -1.43. The van der Waals surface area contributed by atoms with Crippen LogP contribution in [0.25, 0.3) is 0 Å². The lowest BCUT2D eigenvalue weighted by Gasteiger charge is -2.27. The van der Waals surface area contributed by atoms with Gasteiger partial charge in [-0.25, -0.2) is 0 Å². The van der Waals surface area contributed by atoms with E-state index in [0.717, 1.165) is 0 Å². The van der Waals surface area contributed by atoms with Crippen LogP contribution in [0.15, 0.2) is 0 Å². The molecule has 1 rings (SSSR count). The second-order valence-corrected chi connectivity index (χ2v) is 2.62. The molecule has 2 N–H and O–H groups in total. The minimum Gasteiger partial charge on any atom is -0.386 e. The predicted molar refractivity (Wildman–Crippen MR) is 32.2 cm³/mol. The maximum atomic E-state index is 8.94. The summed E-state index contributed by atoms with van der Waals surface area (Å²) in [5.74, 6) is 0. The van der Waals surface area contributed by atoms with Gasteiger partial charge in [-0.2, -0.15) is 0 Å². The van der Waals surface area contributed by atoms with Gasteiger partial charge in [0, 0.05) is 0 Å². The van der Waals surface area contributed by atoms with Crippen LogP contribution in [0.1, 0.15) is 6.42 Å². The Morgan fingerprint density at radius 2 is 2.11 bits per heavy atom. The van der Waals surface area contributed by atoms with Crippen LogP contribution in [0, 0.1) is 0 Å². The molecule has 54 valence electrons. The quantitative estimate of drug-likeness (QED) is 0.469. The molecule has 1 fully saturated rings. The average molecular weight is 153 g/mol. The fourth-order valence-corrected chi connectivity index (χ4v) is 0.963. The number of halogens is 1. The molecule has 0 aliphatic carbocycles. The number of hydrogen-bond acceptors (Lipinski definition) is 3. The second-order valence-electron chi connectivity index (χ2n) is 2.06. The van der Waals surface area contributed by atoms with Gasteiger partial charge < -0.3 is 14.9 Å². The number of aliphatic hydroxyl groups is 2. The maximum absolute atomic E-state index is 8.94. The van der Waals surface area contributed by atoms with E-state index in [0.29, 0.717) is 13.0 Å². The molecule has 0 spiro atoms. The largest absolute Gasteiger partial charge is 0.386 e. The van der Waals surface area contributed by atoms with Crippen molar-refractivity contribution in [1.29, 1.82) is 0 Å². The Morgan fingerprint density at radius 1 is 1.44 bits per heavy atom. The van der Waals surface area contributed by atoms with Crippen molar-refractivity contribution in [3.8, 4) is 0 Å². The van der Waals surface area contributed by atoms with Gasteiger partial charge in [0.1, 0.15) is 6.10 Å². The SMILES string of the molecule is O[C@@H]1[C@@H](Cl)CCO[C@@H]1O. The Balaban J connectivity index is 2.41. The fourth-order valence-electron chi connectivity index (χ4n) is 0.749. The third-order valence-corrected chi connectivity index (χ3v) is 1.82. The van der Waals surface area contributed by atoms with Gasteiger partial charge in [0.15, 0.2) is 6.29 Å². The molecule has 1 aliphatic rings. The molecule has 0 radical (unpaired) electrons. The summed E-state index contributed by atoms with van der Waals surface area (Å²) in [4.78, 5) is 0. The molecule has 1 saturated heterocycles. The molecule has 0 bridgehead atoms. The molecule has 3 nitrogen and oxygen atoms in total.